The van der Waals surface area contributed by atoms with Gasteiger partial charge in [0.1, 0.15) is 5.84 Å². The molecule has 3 aliphatic rings. The van der Waals surface area contributed by atoms with Crippen LogP contribution in [-0.2, 0) is 0 Å². The van der Waals surface area contributed by atoms with Crippen LogP contribution in [0, 0.1) is 5.41 Å². The summed E-state index contributed by atoms with van der Waals surface area (Å²) in [6.45, 7) is 1.78. The highest BCUT2D eigenvalue weighted by molar-refractivity contribution is 5.95. The molecule has 0 bridgehead atoms. The molecule has 1 fully saturated rings. The van der Waals surface area contributed by atoms with Crippen molar-refractivity contribution in [2.45, 2.75) is 18.4 Å². The minimum Gasteiger partial charge on any atom is -0.387 e. The van der Waals surface area contributed by atoms with Crippen molar-refractivity contribution in [1.29, 1.82) is 0 Å². The fourth-order valence-electron chi connectivity index (χ4n) is 3.42. The van der Waals surface area contributed by atoms with E-state index in [2.05, 4.69) is 22.4 Å². The van der Waals surface area contributed by atoms with E-state index in [1.165, 1.54) is 5.56 Å². The van der Waals surface area contributed by atoms with E-state index in [0.29, 0.717) is 5.92 Å². The SMILES string of the molecule is O[C@H]1c2ccccc2C2C[C@]21C1=NCCN1. The van der Waals surface area contributed by atoms with E-state index < -0.39 is 0 Å². The van der Waals surface area contributed by atoms with Gasteiger partial charge in [-0.15, -0.1) is 0 Å². The highest BCUT2D eigenvalue weighted by Gasteiger charge is 2.68. The van der Waals surface area contributed by atoms with Crippen molar-refractivity contribution in [2.24, 2.45) is 10.4 Å². The molecular formula is C13H14N2O. The number of fused-ring (bicyclic) bond motifs is 3. The molecule has 2 N–H and O–H groups in total. The van der Waals surface area contributed by atoms with Crippen LogP contribution in [0.5, 0.6) is 0 Å². The first-order valence-electron chi connectivity index (χ1n) is 5.90. The molecule has 0 radical (unpaired) electrons. The summed E-state index contributed by atoms with van der Waals surface area (Å²) in [4.78, 5) is 4.51. The lowest BCUT2D eigenvalue weighted by molar-refractivity contribution is 0.134. The quantitative estimate of drug-likeness (QED) is 0.738. The van der Waals surface area contributed by atoms with Crippen LogP contribution < -0.4 is 5.32 Å². The van der Waals surface area contributed by atoms with Gasteiger partial charge in [-0.2, -0.15) is 0 Å². The number of rotatable bonds is 1. The molecule has 2 aliphatic carbocycles. The predicted molar refractivity (Wildman–Crippen MR) is 61.5 cm³/mol. The van der Waals surface area contributed by atoms with Crippen molar-refractivity contribution in [3.05, 3.63) is 35.4 Å². The number of benzene rings is 1. The van der Waals surface area contributed by atoms with Crippen molar-refractivity contribution in [3.63, 3.8) is 0 Å². The monoisotopic (exact) mass is 214 g/mol. The molecule has 1 unspecified atom stereocenters. The normalized spacial score (nSPS) is 38.7. The van der Waals surface area contributed by atoms with E-state index >= 15 is 0 Å². The van der Waals surface area contributed by atoms with Gasteiger partial charge in [0.2, 0.25) is 0 Å². The maximum atomic E-state index is 10.5. The van der Waals surface area contributed by atoms with Crippen molar-refractivity contribution in [3.8, 4) is 0 Å². The summed E-state index contributed by atoms with van der Waals surface area (Å²) in [5, 5.41) is 13.8. The minimum atomic E-state index is -0.363. The van der Waals surface area contributed by atoms with Crippen LogP contribution in [0.3, 0.4) is 0 Å². The lowest BCUT2D eigenvalue weighted by Crippen LogP contribution is -2.32. The molecule has 1 aromatic carbocycles. The average molecular weight is 214 g/mol. The van der Waals surface area contributed by atoms with Crippen LogP contribution in [0.4, 0.5) is 0 Å². The molecule has 1 saturated carbocycles. The Kier molecular flexibility index (Phi) is 1.46. The molecular weight excluding hydrogens is 200 g/mol. The smallest absolute Gasteiger partial charge is 0.106 e. The molecule has 3 nitrogen and oxygen atoms in total. The molecule has 0 spiro atoms. The molecule has 0 amide bonds. The molecule has 16 heavy (non-hydrogen) atoms. The fourth-order valence-corrected chi connectivity index (χ4v) is 3.42. The summed E-state index contributed by atoms with van der Waals surface area (Å²) >= 11 is 0. The third-order valence-electron chi connectivity index (χ3n) is 4.27. The van der Waals surface area contributed by atoms with Crippen molar-refractivity contribution in [1.82, 2.24) is 5.32 Å². The van der Waals surface area contributed by atoms with Gasteiger partial charge in [0, 0.05) is 12.5 Å². The summed E-state index contributed by atoms with van der Waals surface area (Å²) < 4.78 is 0. The van der Waals surface area contributed by atoms with Crippen LogP contribution in [-0.4, -0.2) is 24.0 Å². The average Bonchev–Trinajstić information content (AvgIpc) is 2.73. The van der Waals surface area contributed by atoms with E-state index in [-0.39, 0.29) is 11.5 Å². The van der Waals surface area contributed by atoms with E-state index in [4.69, 9.17) is 0 Å². The second kappa shape index (κ2) is 2.66. The zero-order chi connectivity index (χ0) is 10.8. The molecule has 82 valence electrons. The van der Waals surface area contributed by atoms with Gasteiger partial charge in [0.05, 0.1) is 18.1 Å². The van der Waals surface area contributed by atoms with E-state index in [1.807, 2.05) is 12.1 Å². The second-order valence-corrected chi connectivity index (χ2v) is 4.99. The molecule has 3 atom stereocenters. The highest BCUT2D eigenvalue weighted by Crippen LogP contribution is 2.72. The van der Waals surface area contributed by atoms with E-state index in [0.717, 1.165) is 30.9 Å². The number of nitrogens with one attached hydrogen (secondary N) is 1. The van der Waals surface area contributed by atoms with Crippen LogP contribution in [0.2, 0.25) is 0 Å². The number of aliphatic hydroxyl groups excluding tert-OH is 1. The Morgan fingerprint density at radius 1 is 1.31 bits per heavy atom. The molecule has 1 aromatic rings. The molecule has 1 heterocycles. The van der Waals surface area contributed by atoms with Crippen LogP contribution in [0.1, 0.15) is 29.6 Å². The molecule has 0 aromatic heterocycles. The standard InChI is InChI=1S/C13H14N2O/c16-11-9-4-2-1-3-8(9)10-7-13(10,11)12-14-5-6-15-12/h1-4,10-11,16H,5-7H2,(H,14,15)/t10?,11-,13-/m0/s1. The zero-order valence-corrected chi connectivity index (χ0v) is 8.98. The summed E-state index contributed by atoms with van der Waals surface area (Å²) in [5.74, 6) is 1.53. The number of hydrogen-bond acceptors (Lipinski definition) is 3. The number of nitrogens with zero attached hydrogens (tertiary/aromatic N) is 1. The van der Waals surface area contributed by atoms with Gasteiger partial charge in [-0.3, -0.25) is 4.99 Å². The topological polar surface area (TPSA) is 44.6 Å². The number of hydrogen-bond donors (Lipinski definition) is 2. The second-order valence-electron chi connectivity index (χ2n) is 4.99. The first kappa shape index (κ1) is 8.76. The Balaban J connectivity index is 1.83. The van der Waals surface area contributed by atoms with Crippen molar-refractivity contribution < 1.29 is 5.11 Å². The lowest BCUT2D eigenvalue weighted by atomic mass is 9.96. The predicted octanol–water partition coefficient (Wildman–Crippen LogP) is 1.21. The van der Waals surface area contributed by atoms with Gasteiger partial charge >= 0.3 is 0 Å². The van der Waals surface area contributed by atoms with Crippen LogP contribution in [0.15, 0.2) is 29.3 Å². The highest BCUT2D eigenvalue weighted by atomic mass is 16.3. The van der Waals surface area contributed by atoms with Gasteiger partial charge in [-0.25, -0.2) is 0 Å². The Hall–Kier alpha value is -1.35. The van der Waals surface area contributed by atoms with Crippen molar-refractivity contribution >= 4 is 5.84 Å². The minimum absolute atomic E-state index is 0.0970. The number of aliphatic imine (C=N–C) groups is 1. The Bertz CT molecular complexity index is 481. The van der Waals surface area contributed by atoms with Crippen molar-refractivity contribution in [2.75, 3.05) is 13.1 Å². The Morgan fingerprint density at radius 3 is 2.81 bits per heavy atom. The Morgan fingerprint density at radius 2 is 2.12 bits per heavy atom. The maximum absolute atomic E-state index is 10.5. The summed E-state index contributed by atoms with van der Waals surface area (Å²) in [6.07, 6.45) is 0.690. The van der Waals surface area contributed by atoms with Gasteiger partial charge < -0.3 is 10.4 Å². The van der Waals surface area contributed by atoms with Gasteiger partial charge in [-0.05, 0) is 17.5 Å². The van der Waals surface area contributed by atoms with E-state index in [1.54, 1.807) is 0 Å². The lowest BCUT2D eigenvalue weighted by Gasteiger charge is -2.19. The summed E-state index contributed by atoms with van der Waals surface area (Å²) in [6, 6.07) is 8.26. The van der Waals surface area contributed by atoms with Gasteiger partial charge in [0.15, 0.2) is 0 Å². The number of amidine groups is 1. The largest absolute Gasteiger partial charge is 0.387 e. The third-order valence-corrected chi connectivity index (χ3v) is 4.27. The van der Waals surface area contributed by atoms with Gasteiger partial charge in [-0.1, -0.05) is 24.3 Å². The Labute approximate surface area is 94.2 Å². The number of aliphatic hydroxyl groups is 1. The van der Waals surface area contributed by atoms with Crippen LogP contribution in [0.25, 0.3) is 0 Å². The summed E-state index contributed by atoms with van der Waals surface area (Å²) in [5.41, 5.74) is 2.33. The van der Waals surface area contributed by atoms with Crippen LogP contribution >= 0.6 is 0 Å². The summed E-state index contributed by atoms with van der Waals surface area (Å²) in [7, 11) is 0. The van der Waals surface area contributed by atoms with Gasteiger partial charge in [0.25, 0.3) is 0 Å². The molecule has 0 saturated heterocycles. The molecule has 1 aliphatic heterocycles. The first-order valence-corrected chi connectivity index (χ1v) is 5.90. The fraction of sp³-hybridized carbons (Fsp3) is 0.462. The first-order chi connectivity index (χ1) is 7.84. The maximum Gasteiger partial charge on any atom is 0.106 e. The zero-order valence-electron chi connectivity index (χ0n) is 8.98. The molecule has 3 heteroatoms. The van der Waals surface area contributed by atoms with E-state index in [9.17, 15) is 5.11 Å². The molecule has 4 rings (SSSR count). The third kappa shape index (κ3) is 0.824.